The minimum atomic E-state index is -3.89. The second-order valence-electron chi connectivity index (χ2n) is 5.96. The van der Waals surface area contributed by atoms with Crippen molar-refractivity contribution in [3.63, 3.8) is 0 Å². The van der Waals surface area contributed by atoms with Crippen LogP contribution in [-0.4, -0.2) is 57.6 Å². The van der Waals surface area contributed by atoms with Gasteiger partial charge in [0.1, 0.15) is 13.2 Å². The van der Waals surface area contributed by atoms with Crippen molar-refractivity contribution in [2.75, 3.05) is 30.6 Å². The van der Waals surface area contributed by atoms with Crippen LogP contribution in [0.4, 0.5) is 10.5 Å². The van der Waals surface area contributed by atoms with Crippen LogP contribution in [0, 0.1) is 0 Å². The minimum absolute atomic E-state index is 0.0901. The largest absolute Gasteiger partial charge is 0.454 e. The summed E-state index contributed by atoms with van der Waals surface area (Å²) in [6.07, 6.45) is -0.791. The molecule has 0 spiro atoms. The van der Waals surface area contributed by atoms with Crippen LogP contribution >= 0.6 is 0 Å². The van der Waals surface area contributed by atoms with E-state index in [2.05, 4.69) is 4.74 Å². The summed E-state index contributed by atoms with van der Waals surface area (Å²) in [7, 11) is -3.89. The van der Waals surface area contributed by atoms with Gasteiger partial charge in [0.25, 0.3) is 15.9 Å². The molecule has 0 N–H and O–H groups in total. The maximum Gasteiger partial charge on any atom is 0.416 e. The fraction of sp³-hybridized carbons (Fsp3) is 0.235. The molecule has 4 rings (SSSR count). The fourth-order valence-electron chi connectivity index (χ4n) is 3.13. The van der Waals surface area contributed by atoms with E-state index < -0.39 is 41.1 Å². The first-order valence-electron chi connectivity index (χ1n) is 8.07. The van der Waals surface area contributed by atoms with Gasteiger partial charge in [-0.3, -0.25) is 13.9 Å². The molecule has 1 fully saturated rings. The van der Waals surface area contributed by atoms with Crippen LogP contribution in [0.25, 0.3) is 10.8 Å². The molecule has 10 heteroatoms. The molecule has 27 heavy (non-hydrogen) atoms. The Morgan fingerprint density at radius 1 is 1.15 bits per heavy atom. The molecule has 1 saturated heterocycles. The zero-order valence-corrected chi connectivity index (χ0v) is 14.8. The molecule has 2 aromatic carbocycles. The van der Waals surface area contributed by atoms with Gasteiger partial charge < -0.3 is 9.47 Å². The van der Waals surface area contributed by atoms with E-state index in [1.54, 1.807) is 30.3 Å². The molecule has 0 radical (unpaired) electrons. The molecule has 0 bridgehead atoms. The van der Waals surface area contributed by atoms with E-state index in [1.165, 1.54) is 6.07 Å². The number of sulfonamides is 1. The van der Waals surface area contributed by atoms with E-state index in [9.17, 15) is 22.8 Å². The van der Waals surface area contributed by atoms with E-state index in [-0.39, 0.29) is 18.0 Å². The number of esters is 1. The number of benzene rings is 2. The number of hydrogen-bond donors (Lipinski definition) is 0. The number of hydrogen-bond acceptors (Lipinski definition) is 7. The van der Waals surface area contributed by atoms with Crippen LogP contribution in [0.15, 0.2) is 41.3 Å². The van der Waals surface area contributed by atoms with Crippen molar-refractivity contribution in [3.8, 4) is 0 Å². The molecule has 2 heterocycles. The monoisotopic (exact) mass is 390 g/mol. The highest BCUT2D eigenvalue weighted by Crippen LogP contribution is 2.41. The van der Waals surface area contributed by atoms with Gasteiger partial charge in [0.15, 0.2) is 6.61 Å². The Labute approximate surface area is 154 Å². The predicted molar refractivity (Wildman–Crippen MR) is 92.5 cm³/mol. The third-order valence-corrected chi connectivity index (χ3v) is 6.17. The summed E-state index contributed by atoms with van der Waals surface area (Å²) in [6, 6.07) is 9.99. The Kier molecular flexibility index (Phi) is 3.99. The molecular formula is C17H14N2O7S. The second-order valence-corrected chi connectivity index (χ2v) is 7.79. The lowest BCUT2D eigenvalue weighted by Crippen LogP contribution is -2.38. The molecule has 140 valence electrons. The van der Waals surface area contributed by atoms with Crippen LogP contribution in [0.2, 0.25) is 0 Å². The van der Waals surface area contributed by atoms with Crippen molar-refractivity contribution >= 4 is 44.5 Å². The third-order valence-electron chi connectivity index (χ3n) is 4.37. The van der Waals surface area contributed by atoms with Gasteiger partial charge in [0.05, 0.1) is 17.1 Å². The summed E-state index contributed by atoms with van der Waals surface area (Å²) >= 11 is 0. The number of rotatable bonds is 4. The summed E-state index contributed by atoms with van der Waals surface area (Å²) in [5.41, 5.74) is 0.384. The summed E-state index contributed by atoms with van der Waals surface area (Å²) in [5, 5.41) is 1.29. The van der Waals surface area contributed by atoms with Crippen LogP contribution in [-0.2, 0) is 29.1 Å². The Hall–Kier alpha value is -3.14. The molecular weight excluding hydrogens is 376 g/mol. The smallest absolute Gasteiger partial charge is 0.416 e. The van der Waals surface area contributed by atoms with E-state index in [0.29, 0.717) is 11.1 Å². The van der Waals surface area contributed by atoms with Crippen molar-refractivity contribution in [2.24, 2.45) is 0 Å². The molecule has 0 aromatic heterocycles. The molecule has 0 saturated carbocycles. The van der Waals surface area contributed by atoms with Gasteiger partial charge in [-0.25, -0.2) is 18.1 Å². The van der Waals surface area contributed by atoms with Gasteiger partial charge in [-0.2, -0.15) is 0 Å². The normalized spacial score (nSPS) is 17.3. The van der Waals surface area contributed by atoms with Crippen molar-refractivity contribution in [3.05, 3.63) is 36.4 Å². The van der Waals surface area contributed by atoms with Crippen LogP contribution in [0.5, 0.6) is 0 Å². The highest BCUT2D eigenvalue weighted by Gasteiger charge is 2.37. The average Bonchev–Trinajstić information content (AvgIpc) is 3.16. The lowest BCUT2D eigenvalue weighted by molar-refractivity contribution is -0.149. The highest BCUT2D eigenvalue weighted by molar-refractivity contribution is 7.93. The quantitative estimate of drug-likeness (QED) is 0.713. The van der Waals surface area contributed by atoms with Gasteiger partial charge in [0, 0.05) is 5.39 Å². The Morgan fingerprint density at radius 3 is 2.59 bits per heavy atom. The van der Waals surface area contributed by atoms with E-state index in [4.69, 9.17) is 4.74 Å². The van der Waals surface area contributed by atoms with Crippen molar-refractivity contribution in [1.82, 2.24) is 4.90 Å². The van der Waals surface area contributed by atoms with E-state index in [0.717, 1.165) is 14.6 Å². The first kappa shape index (κ1) is 17.3. The van der Waals surface area contributed by atoms with Crippen LogP contribution < -0.4 is 4.31 Å². The number of carbonyl (C=O) groups excluding carboxylic acids is 3. The molecule has 2 aliphatic heterocycles. The number of amides is 2. The van der Waals surface area contributed by atoms with E-state index >= 15 is 0 Å². The third kappa shape index (κ3) is 2.78. The van der Waals surface area contributed by atoms with Gasteiger partial charge in [-0.1, -0.05) is 24.3 Å². The molecule has 0 aliphatic carbocycles. The number of carbonyl (C=O) groups is 3. The number of ether oxygens (including phenoxy) is 2. The lowest BCUT2D eigenvalue weighted by Gasteiger charge is -2.18. The number of nitrogens with zero attached hydrogens (tertiary/aromatic N) is 2. The lowest BCUT2D eigenvalue weighted by atomic mass is 10.1. The van der Waals surface area contributed by atoms with Gasteiger partial charge in [-0.05, 0) is 17.5 Å². The maximum absolute atomic E-state index is 12.8. The molecule has 9 nitrogen and oxygen atoms in total. The summed E-state index contributed by atoms with van der Waals surface area (Å²) in [4.78, 5) is 36.3. The first-order valence-corrected chi connectivity index (χ1v) is 9.51. The Morgan fingerprint density at radius 2 is 1.89 bits per heavy atom. The zero-order chi connectivity index (χ0) is 19.2. The van der Waals surface area contributed by atoms with Gasteiger partial charge >= 0.3 is 12.1 Å². The van der Waals surface area contributed by atoms with Gasteiger partial charge in [0.2, 0.25) is 0 Å². The fourth-order valence-corrected chi connectivity index (χ4v) is 4.79. The standard InChI is InChI=1S/C17H14N2O7S/c20-14(18-7-8-25-17(18)22)10-26-15(21)9-19-12-5-1-3-11-4-2-6-13(16(11)12)27(19,23)24/h1-6H,7-10H2. The topological polar surface area (TPSA) is 110 Å². The number of imide groups is 1. The van der Waals surface area contributed by atoms with E-state index in [1.807, 2.05) is 0 Å². The summed E-state index contributed by atoms with van der Waals surface area (Å²) in [6.45, 7) is -1.06. The second kappa shape index (κ2) is 6.23. The SMILES string of the molecule is O=C(CN1c2cccc3cccc(c23)S1(=O)=O)OCC(=O)N1CCOC1=O. The highest BCUT2D eigenvalue weighted by atomic mass is 32.2. The molecule has 2 amide bonds. The Balaban J connectivity index is 1.50. The average molecular weight is 390 g/mol. The predicted octanol–water partition coefficient (Wildman–Crippen LogP) is 0.871. The number of anilines is 1. The van der Waals surface area contributed by atoms with Crippen LogP contribution in [0.3, 0.4) is 0 Å². The molecule has 0 atom stereocenters. The van der Waals surface area contributed by atoms with Crippen molar-refractivity contribution in [1.29, 1.82) is 0 Å². The summed E-state index contributed by atoms with van der Waals surface area (Å²) < 4.78 is 36.0. The zero-order valence-electron chi connectivity index (χ0n) is 14.0. The molecule has 2 aliphatic rings. The Bertz CT molecular complexity index is 1070. The maximum atomic E-state index is 12.8. The minimum Gasteiger partial charge on any atom is -0.454 e. The number of cyclic esters (lactones) is 1. The van der Waals surface area contributed by atoms with Crippen LogP contribution in [0.1, 0.15) is 0 Å². The molecule has 2 aromatic rings. The first-order chi connectivity index (χ1) is 12.9. The van der Waals surface area contributed by atoms with Crippen molar-refractivity contribution in [2.45, 2.75) is 4.90 Å². The van der Waals surface area contributed by atoms with Crippen molar-refractivity contribution < 1.29 is 32.3 Å². The summed E-state index contributed by atoms with van der Waals surface area (Å²) in [5.74, 6) is -1.62. The van der Waals surface area contributed by atoms with Gasteiger partial charge in [-0.15, -0.1) is 0 Å². The molecule has 0 unspecified atom stereocenters.